The van der Waals surface area contributed by atoms with Gasteiger partial charge in [-0.15, -0.1) is 0 Å². The maximum Gasteiger partial charge on any atom is 0.131 e. The largest absolute Gasteiger partial charge is 0.482 e. The Morgan fingerprint density at radius 2 is 1.80 bits per heavy atom. The third kappa shape index (κ3) is 3.73. The number of aliphatic imine (C=N–C) groups is 1. The molecule has 40 heavy (non-hydrogen) atoms. The monoisotopic (exact) mass is 535 g/mol. The Hall–Kier alpha value is -3.62. The second-order valence-corrected chi connectivity index (χ2v) is 12.3. The Morgan fingerprint density at radius 1 is 0.975 bits per heavy atom. The molecule has 8 rings (SSSR count). The molecule has 3 atom stereocenters. The van der Waals surface area contributed by atoms with Gasteiger partial charge in [-0.2, -0.15) is 0 Å². The molecule has 2 aromatic heterocycles. The van der Waals surface area contributed by atoms with Crippen LogP contribution in [0.3, 0.4) is 0 Å². The van der Waals surface area contributed by atoms with Gasteiger partial charge in [-0.1, -0.05) is 12.1 Å². The zero-order valence-corrected chi connectivity index (χ0v) is 23.5. The summed E-state index contributed by atoms with van der Waals surface area (Å²) >= 11 is 0. The van der Waals surface area contributed by atoms with E-state index in [1.807, 2.05) is 6.20 Å². The molecule has 2 fully saturated rings. The highest BCUT2D eigenvalue weighted by molar-refractivity contribution is 5.97. The Labute approximate surface area is 234 Å². The Morgan fingerprint density at radius 3 is 2.60 bits per heavy atom. The van der Waals surface area contributed by atoms with Crippen molar-refractivity contribution < 1.29 is 4.74 Å². The van der Waals surface area contributed by atoms with Crippen molar-refractivity contribution in [3.63, 3.8) is 0 Å². The van der Waals surface area contributed by atoms with Gasteiger partial charge in [0.25, 0.3) is 0 Å². The third-order valence-electron chi connectivity index (χ3n) is 9.28. The summed E-state index contributed by atoms with van der Waals surface area (Å²) in [4.78, 5) is 13.1. The molecule has 2 aromatic carbocycles. The fourth-order valence-corrected chi connectivity index (χ4v) is 7.25. The van der Waals surface area contributed by atoms with Crippen LogP contribution in [0.2, 0.25) is 0 Å². The normalized spacial score (nSPS) is 25.0. The van der Waals surface area contributed by atoms with Crippen LogP contribution in [-0.2, 0) is 12.6 Å². The molecule has 1 unspecified atom stereocenters. The number of rotatable bonds is 4. The SMILES string of the molecule is Cn1c2c(c3cc(-c4cnc([C@@H]5CCCN5)[nH]4)ccc31)C(C)(C)Oc1cc(C3CN=C([C@@H]4CCCN4)N3)ccc1-2. The first-order valence-corrected chi connectivity index (χ1v) is 14.8. The zero-order valence-electron chi connectivity index (χ0n) is 23.5. The van der Waals surface area contributed by atoms with Crippen molar-refractivity contribution >= 4 is 16.7 Å². The molecule has 0 saturated carbocycles. The average Bonchev–Trinajstić information content (AvgIpc) is 3.77. The number of aromatic nitrogens is 3. The van der Waals surface area contributed by atoms with Gasteiger partial charge in [0.05, 0.1) is 42.3 Å². The van der Waals surface area contributed by atoms with Crippen LogP contribution in [0.5, 0.6) is 5.75 Å². The minimum Gasteiger partial charge on any atom is -0.482 e. The van der Waals surface area contributed by atoms with Gasteiger partial charge in [0.15, 0.2) is 0 Å². The van der Waals surface area contributed by atoms with Crippen LogP contribution >= 0.6 is 0 Å². The van der Waals surface area contributed by atoms with Gasteiger partial charge in [0.1, 0.15) is 23.0 Å². The van der Waals surface area contributed by atoms with E-state index in [1.54, 1.807) is 0 Å². The average molecular weight is 536 g/mol. The molecular weight excluding hydrogens is 498 g/mol. The van der Waals surface area contributed by atoms with Gasteiger partial charge < -0.3 is 30.2 Å². The smallest absolute Gasteiger partial charge is 0.131 e. The fraction of sp³-hybridized carbons (Fsp3) is 0.438. The molecule has 4 N–H and O–H groups in total. The maximum atomic E-state index is 6.79. The Balaban J connectivity index is 1.16. The van der Waals surface area contributed by atoms with Crippen molar-refractivity contribution in [2.75, 3.05) is 19.6 Å². The van der Waals surface area contributed by atoms with Crippen LogP contribution in [0.25, 0.3) is 33.4 Å². The molecule has 8 heteroatoms. The van der Waals surface area contributed by atoms with Gasteiger partial charge in [0.2, 0.25) is 0 Å². The lowest BCUT2D eigenvalue weighted by Crippen LogP contribution is -2.39. The number of imidazole rings is 1. The van der Waals surface area contributed by atoms with Gasteiger partial charge >= 0.3 is 0 Å². The van der Waals surface area contributed by atoms with Gasteiger partial charge in [0, 0.05) is 34.6 Å². The lowest BCUT2D eigenvalue weighted by molar-refractivity contribution is 0.107. The van der Waals surface area contributed by atoms with E-state index in [0.29, 0.717) is 12.1 Å². The highest BCUT2D eigenvalue weighted by Crippen LogP contribution is 2.50. The van der Waals surface area contributed by atoms with Gasteiger partial charge in [-0.25, -0.2) is 4.98 Å². The van der Waals surface area contributed by atoms with Crippen molar-refractivity contribution in [3.8, 4) is 28.3 Å². The minimum atomic E-state index is -0.482. The fourth-order valence-electron chi connectivity index (χ4n) is 7.25. The number of fused-ring (bicyclic) bond motifs is 5. The van der Waals surface area contributed by atoms with Crippen molar-refractivity contribution in [1.82, 2.24) is 30.5 Å². The molecule has 4 aliphatic rings. The molecule has 0 aliphatic carbocycles. The summed E-state index contributed by atoms with van der Waals surface area (Å²) in [6.45, 7) is 7.28. The number of benzene rings is 2. The molecule has 206 valence electrons. The first kappa shape index (κ1) is 24.2. The summed E-state index contributed by atoms with van der Waals surface area (Å²) in [7, 11) is 2.17. The summed E-state index contributed by atoms with van der Waals surface area (Å²) in [6, 6.07) is 14.3. The molecule has 0 radical (unpaired) electrons. The highest BCUT2D eigenvalue weighted by atomic mass is 16.5. The van der Waals surface area contributed by atoms with E-state index in [4.69, 9.17) is 14.7 Å². The first-order chi connectivity index (χ1) is 19.5. The number of aromatic amines is 1. The first-order valence-electron chi connectivity index (χ1n) is 14.8. The highest BCUT2D eigenvalue weighted by Gasteiger charge is 2.38. The van der Waals surface area contributed by atoms with Crippen LogP contribution < -0.4 is 20.7 Å². The third-order valence-corrected chi connectivity index (χ3v) is 9.28. The lowest BCUT2D eigenvalue weighted by Gasteiger charge is -2.34. The predicted molar refractivity (Wildman–Crippen MR) is 159 cm³/mol. The number of amidine groups is 1. The zero-order chi connectivity index (χ0) is 27.0. The van der Waals surface area contributed by atoms with Gasteiger partial charge in [-0.05, 0) is 82.4 Å². The molecule has 8 nitrogen and oxygen atoms in total. The number of nitrogens with zero attached hydrogens (tertiary/aromatic N) is 3. The van der Waals surface area contributed by atoms with E-state index in [2.05, 4.69) is 82.8 Å². The van der Waals surface area contributed by atoms with E-state index in [9.17, 15) is 0 Å². The van der Waals surface area contributed by atoms with Crippen LogP contribution in [0, 0.1) is 0 Å². The number of hydrogen-bond acceptors (Lipinski definition) is 6. The number of H-pyrrole nitrogens is 1. The molecule has 0 amide bonds. The number of nitrogens with one attached hydrogen (secondary N) is 4. The van der Waals surface area contributed by atoms with Crippen LogP contribution in [0.1, 0.15) is 68.6 Å². The predicted octanol–water partition coefficient (Wildman–Crippen LogP) is 5.08. The van der Waals surface area contributed by atoms with Crippen molar-refractivity contribution in [2.24, 2.45) is 12.0 Å². The summed E-state index contributed by atoms with van der Waals surface area (Å²) in [5, 5.41) is 12.0. The number of aryl methyl sites for hydroxylation is 1. The molecule has 4 aliphatic heterocycles. The second-order valence-electron chi connectivity index (χ2n) is 12.3. The Bertz CT molecular complexity index is 1650. The summed E-state index contributed by atoms with van der Waals surface area (Å²) < 4.78 is 9.12. The lowest BCUT2D eigenvalue weighted by atomic mass is 9.87. The molecule has 0 spiro atoms. The molecular formula is C32H37N7O. The van der Waals surface area contributed by atoms with Crippen molar-refractivity contribution in [3.05, 3.63) is 59.5 Å². The quantitative estimate of drug-likeness (QED) is 0.293. The van der Waals surface area contributed by atoms with E-state index in [1.165, 1.54) is 40.6 Å². The summed E-state index contributed by atoms with van der Waals surface area (Å²) in [5.41, 5.74) is 7.77. The minimum absolute atomic E-state index is 0.185. The van der Waals surface area contributed by atoms with Gasteiger partial charge in [-0.3, -0.25) is 4.99 Å². The van der Waals surface area contributed by atoms with E-state index in [0.717, 1.165) is 66.7 Å². The summed E-state index contributed by atoms with van der Waals surface area (Å²) in [6.07, 6.45) is 6.68. The Kier molecular flexibility index (Phi) is 5.41. The van der Waals surface area contributed by atoms with Crippen molar-refractivity contribution in [1.29, 1.82) is 0 Å². The number of ether oxygens (including phenoxy) is 1. The van der Waals surface area contributed by atoms with E-state index >= 15 is 0 Å². The molecule has 4 aromatic rings. The van der Waals surface area contributed by atoms with E-state index in [-0.39, 0.29) is 6.04 Å². The topological polar surface area (TPSA) is 91.3 Å². The molecule has 6 heterocycles. The second kappa shape index (κ2) is 8.94. The number of hydrogen-bond donors (Lipinski definition) is 4. The van der Waals surface area contributed by atoms with E-state index < -0.39 is 5.60 Å². The van der Waals surface area contributed by atoms with Crippen LogP contribution in [-0.4, -0.2) is 46.0 Å². The van der Waals surface area contributed by atoms with Crippen LogP contribution in [0.4, 0.5) is 0 Å². The summed E-state index contributed by atoms with van der Waals surface area (Å²) in [5.74, 6) is 3.08. The standard InChI is InChI=1S/C32H37N7O/c1-32(2)28-21-14-18(24-16-35-30(37-24)22-6-4-12-33-22)9-11-26(21)39(3)29(28)20-10-8-19(15-27(20)40-32)25-17-36-31(38-25)23-7-5-13-34-23/h8-11,14-16,22-23,25,33-34H,4-7,12-13,17H2,1-3H3,(H,35,37)(H,36,38)/t22-,23-,25?/m0/s1. The molecule has 0 bridgehead atoms. The maximum absolute atomic E-state index is 6.79. The van der Waals surface area contributed by atoms with Crippen LogP contribution in [0.15, 0.2) is 47.6 Å². The molecule has 2 saturated heterocycles. The van der Waals surface area contributed by atoms with Crippen molar-refractivity contribution in [2.45, 2.75) is 63.3 Å².